The second-order valence-corrected chi connectivity index (χ2v) is 4.26. The molecule has 5 heteroatoms. The molecule has 0 bridgehead atoms. The zero-order valence-electron chi connectivity index (χ0n) is 10.3. The summed E-state index contributed by atoms with van der Waals surface area (Å²) in [6.45, 7) is 1.81. The van der Waals surface area contributed by atoms with Gasteiger partial charge in [0.1, 0.15) is 11.9 Å². The molecule has 0 radical (unpaired) electrons. The highest BCUT2D eigenvalue weighted by Crippen LogP contribution is 2.29. The van der Waals surface area contributed by atoms with E-state index < -0.39 is 0 Å². The number of hydrogen-bond donors (Lipinski definition) is 2. The van der Waals surface area contributed by atoms with Crippen molar-refractivity contribution in [3.05, 3.63) is 35.6 Å². The van der Waals surface area contributed by atoms with Gasteiger partial charge in [-0.15, -0.1) is 0 Å². The van der Waals surface area contributed by atoms with Gasteiger partial charge in [0.2, 0.25) is 0 Å². The Hall–Kier alpha value is -1.46. The molecule has 0 aliphatic heterocycles. The van der Waals surface area contributed by atoms with Crippen LogP contribution in [0, 0.1) is 11.7 Å². The number of rotatable bonds is 3. The van der Waals surface area contributed by atoms with Crippen LogP contribution < -0.4 is 5.90 Å². The highest BCUT2D eigenvalue weighted by atomic mass is 19.1. The van der Waals surface area contributed by atoms with Gasteiger partial charge < -0.3 is 9.94 Å². The molecule has 0 saturated heterocycles. The smallest absolute Gasteiger partial charge is 0.309 e. The third kappa shape index (κ3) is 3.78. The Balaban J connectivity index is 0.000000771. The number of esters is 1. The number of benzene rings is 1. The molecule has 0 spiro atoms. The fourth-order valence-corrected chi connectivity index (χ4v) is 1.72. The lowest BCUT2D eigenvalue weighted by Crippen LogP contribution is -2.25. The van der Waals surface area contributed by atoms with Crippen molar-refractivity contribution in [1.29, 1.82) is 0 Å². The zero-order chi connectivity index (χ0) is 13.5. The van der Waals surface area contributed by atoms with E-state index in [0.29, 0.717) is 0 Å². The maximum absolute atomic E-state index is 12.7. The predicted octanol–water partition coefficient (Wildman–Crippen LogP) is 2.56. The van der Waals surface area contributed by atoms with E-state index in [-0.39, 0.29) is 23.8 Å². The lowest BCUT2D eigenvalue weighted by Gasteiger charge is -2.25. The third-order valence-electron chi connectivity index (χ3n) is 3.07. The molecule has 2 rings (SSSR count). The molecule has 4 nitrogen and oxygen atoms in total. The summed E-state index contributed by atoms with van der Waals surface area (Å²) < 4.78 is 18.0. The maximum atomic E-state index is 12.7. The molecule has 1 fully saturated rings. The van der Waals surface area contributed by atoms with Crippen LogP contribution in [0.15, 0.2) is 24.3 Å². The van der Waals surface area contributed by atoms with Crippen LogP contribution in [0.2, 0.25) is 0 Å². The average molecular weight is 255 g/mol. The van der Waals surface area contributed by atoms with Gasteiger partial charge in [-0.2, -0.15) is 0 Å². The summed E-state index contributed by atoms with van der Waals surface area (Å²) in [6, 6.07) is 6.05. The summed E-state index contributed by atoms with van der Waals surface area (Å²) in [5, 5.41) is 6.50. The largest absolute Gasteiger partial charge is 0.458 e. The van der Waals surface area contributed by atoms with Gasteiger partial charge in [-0.3, -0.25) is 4.79 Å². The fraction of sp³-hybridized carbons (Fsp3) is 0.462. The maximum Gasteiger partial charge on any atom is 0.309 e. The molecule has 0 aromatic heterocycles. The average Bonchev–Trinajstić information content (AvgIpc) is 2.30. The van der Waals surface area contributed by atoms with Crippen LogP contribution in [0.5, 0.6) is 0 Å². The molecule has 1 aromatic carbocycles. The van der Waals surface area contributed by atoms with Crippen LogP contribution in [0.4, 0.5) is 4.39 Å². The SMILES string of the molecule is CC(OC(=O)C1CCC1)c1ccc(F)cc1.NO. The van der Waals surface area contributed by atoms with Gasteiger partial charge in [0.05, 0.1) is 5.92 Å². The first-order chi connectivity index (χ1) is 8.66. The van der Waals surface area contributed by atoms with Crippen molar-refractivity contribution in [2.75, 3.05) is 0 Å². The number of ether oxygens (including phenoxy) is 1. The summed E-state index contributed by atoms with van der Waals surface area (Å²) in [7, 11) is 0. The highest BCUT2D eigenvalue weighted by molar-refractivity contribution is 5.73. The Morgan fingerprint density at radius 3 is 2.39 bits per heavy atom. The van der Waals surface area contributed by atoms with E-state index in [9.17, 15) is 9.18 Å². The van der Waals surface area contributed by atoms with Crippen molar-refractivity contribution >= 4 is 5.97 Å². The van der Waals surface area contributed by atoms with Gasteiger partial charge in [-0.1, -0.05) is 18.6 Å². The Labute approximate surface area is 106 Å². The van der Waals surface area contributed by atoms with Crippen LogP contribution in [-0.4, -0.2) is 11.2 Å². The number of hydrogen-bond acceptors (Lipinski definition) is 4. The molecule has 1 aromatic rings. The quantitative estimate of drug-likeness (QED) is 0.643. The first-order valence-corrected chi connectivity index (χ1v) is 5.88. The van der Waals surface area contributed by atoms with Gasteiger partial charge >= 0.3 is 5.97 Å². The minimum atomic E-state index is -0.298. The monoisotopic (exact) mass is 255 g/mol. The minimum absolute atomic E-state index is 0.0860. The van der Waals surface area contributed by atoms with Crippen LogP contribution in [0.25, 0.3) is 0 Å². The van der Waals surface area contributed by atoms with E-state index in [1.807, 2.05) is 6.92 Å². The van der Waals surface area contributed by atoms with E-state index in [4.69, 9.17) is 9.94 Å². The van der Waals surface area contributed by atoms with Gasteiger partial charge in [-0.05, 0) is 37.5 Å². The number of carbonyl (C=O) groups is 1. The second kappa shape index (κ2) is 7.08. The summed E-state index contributed by atoms with van der Waals surface area (Å²) in [5.41, 5.74) is 0.828. The molecular formula is C13H18FNO3. The van der Waals surface area contributed by atoms with Crippen molar-refractivity contribution in [2.24, 2.45) is 11.8 Å². The predicted molar refractivity (Wildman–Crippen MR) is 64.2 cm³/mol. The first kappa shape index (κ1) is 14.6. The fourth-order valence-electron chi connectivity index (χ4n) is 1.72. The van der Waals surface area contributed by atoms with Crippen molar-refractivity contribution < 1.29 is 19.1 Å². The van der Waals surface area contributed by atoms with Crippen LogP contribution >= 0.6 is 0 Å². The molecule has 0 heterocycles. The molecule has 1 saturated carbocycles. The molecule has 1 unspecified atom stereocenters. The third-order valence-corrected chi connectivity index (χ3v) is 3.07. The molecule has 1 aliphatic rings. The molecule has 3 N–H and O–H groups in total. The lowest BCUT2D eigenvalue weighted by molar-refractivity contribution is -0.156. The van der Waals surface area contributed by atoms with Crippen molar-refractivity contribution in [2.45, 2.75) is 32.3 Å². The Morgan fingerprint density at radius 2 is 1.94 bits per heavy atom. The lowest BCUT2D eigenvalue weighted by atomic mass is 9.85. The molecular weight excluding hydrogens is 237 g/mol. The van der Waals surface area contributed by atoms with E-state index in [2.05, 4.69) is 5.90 Å². The Bertz CT molecular complexity index is 376. The standard InChI is InChI=1S/C13H15FO2.H3NO/c1-9(10-5-7-12(14)8-6-10)16-13(15)11-3-2-4-11;1-2/h5-9,11H,2-4H2,1H3;2H,1H2. The minimum Gasteiger partial charge on any atom is -0.458 e. The number of carbonyl (C=O) groups excluding carboxylic acids is 1. The molecule has 100 valence electrons. The van der Waals surface area contributed by atoms with E-state index in [1.54, 1.807) is 12.1 Å². The topological polar surface area (TPSA) is 72.5 Å². The van der Waals surface area contributed by atoms with Gasteiger partial charge in [0, 0.05) is 0 Å². The normalized spacial score (nSPS) is 16.0. The Morgan fingerprint density at radius 1 is 1.39 bits per heavy atom. The van der Waals surface area contributed by atoms with Crippen LogP contribution in [-0.2, 0) is 9.53 Å². The summed E-state index contributed by atoms with van der Waals surface area (Å²) in [5.74, 6) is 3.19. The summed E-state index contributed by atoms with van der Waals surface area (Å²) in [4.78, 5) is 11.6. The molecule has 1 atom stereocenters. The van der Waals surface area contributed by atoms with Crippen LogP contribution in [0.1, 0.15) is 37.9 Å². The summed E-state index contributed by atoms with van der Waals surface area (Å²) in [6.07, 6.45) is 2.70. The van der Waals surface area contributed by atoms with E-state index in [1.165, 1.54) is 12.1 Å². The van der Waals surface area contributed by atoms with Crippen LogP contribution in [0.3, 0.4) is 0 Å². The highest BCUT2D eigenvalue weighted by Gasteiger charge is 2.28. The van der Waals surface area contributed by atoms with E-state index >= 15 is 0 Å². The van der Waals surface area contributed by atoms with Gasteiger partial charge in [-0.25, -0.2) is 10.3 Å². The molecule has 0 amide bonds. The van der Waals surface area contributed by atoms with Crippen molar-refractivity contribution in [3.63, 3.8) is 0 Å². The van der Waals surface area contributed by atoms with Crippen molar-refractivity contribution in [1.82, 2.24) is 0 Å². The van der Waals surface area contributed by atoms with Gasteiger partial charge in [0.15, 0.2) is 0 Å². The molecule has 1 aliphatic carbocycles. The molecule has 18 heavy (non-hydrogen) atoms. The number of nitrogens with two attached hydrogens (primary N) is 1. The first-order valence-electron chi connectivity index (χ1n) is 5.88. The zero-order valence-corrected chi connectivity index (χ0v) is 10.3. The number of halogens is 1. The Kier molecular flexibility index (Phi) is 5.74. The van der Waals surface area contributed by atoms with Gasteiger partial charge in [0.25, 0.3) is 0 Å². The summed E-state index contributed by atoms with van der Waals surface area (Å²) >= 11 is 0. The van der Waals surface area contributed by atoms with E-state index in [0.717, 1.165) is 24.8 Å². The van der Waals surface area contributed by atoms with Crippen molar-refractivity contribution in [3.8, 4) is 0 Å². The second-order valence-electron chi connectivity index (χ2n) is 4.26.